The molecule has 0 bridgehead atoms. The van der Waals surface area contributed by atoms with E-state index in [0.29, 0.717) is 49.4 Å². The maximum atomic E-state index is 17.4. The molecule has 2 aromatic heterocycles. The van der Waals surface area contributed by atoms with Crippen molar-refractivity contribution in [1.82, 2.24) is 24.2 Å². The minimum absolute atomic E-state index is 0.0326. The summed E-state index contributed by atoms with van der Waals surface area (Å²) in [5.74, 6) is 2.10. The maximum absolute atomic E-state index is 17.4. The molecular weight excluding hydrogens is 771 g/mol. The van der Waals surface area contributed by atoms with Crippen molar-refractivity contribution in [3.63, 3.8) is 0 Å². The predicted molar refractivity (Wildman–Crippen MR) is 213 cm³/mol. The highest BCUT2D eigenvalue weighted by molar-refractivity contribution is 7.88. The number of likely N-dealkylation sites (tertiary alicyclic amines) is 1. The minimum Gasteiger partial charge on any atom is -0.508 e. The number of rotatable bonds is 9. The largest absolute Gasteiger partial charge is 0.508 e. The number of piperidine rings is 2. The molecule has 2 aromatic carbocycles. The minimum atomic E-state index is -3.18. The van der Waals surface area contributed by atoms with Crippen molar-refractivity contribution in [1.29, 1.82) is 0 Å². The third-order valence-corrected chi connectivity index (χ3v) is 14.5. The molecule has 13 nitrogen and oxygen atoms in total. The van der Waals surface area contributed by atoms with Gasteiger partial charge in [-0.2, -0.15) is 9.97 Å². The number of aliphatic hydroxyl groups is 1. The number of fused-ring (bicyclic) bond motifs is 4. The number of nitrogens with zero attached hydrogens (tertiary/aromatic N) is 6. The van der Waals surface area contributed by atoms with E-state index < -0.39 is 27.3 Å². The van der Waals surface area contributed by atoms with E-state index in [9.17, 15) is 18.6 Å². The van der Waals surface area contributed by atoms with Gasteiger partial charge < -0.3 is 29.3 Å². The molecule has 2 saturated carbocycles. The van der Waals surface area contributed by atoms with Crippen molar-refractivity contribution in [2.45, 2.75) is 50.7 Å². The second kappa shape index (κ2) is 14.4. The number of phenols is 1. The lowest BCUT2D eigenvalue weighted by atomic mass is 9.75. The number of pyridine rings is 1. The number of sulfonamides is 1. The number of phenolic OH excluding ortho intramolecular Hbond substituents is 1. The Hall–Kier alpha value is -4.40. The van der Waals surface area contributed by atoms with Gasteiger partial charge in [-0.1, -0.05) is 18.4 Å². The molecule has 5 fully saturated rings. The Bertz CT molecular complexity index is 2450. The van der Waals surface area contributed by atoms with Gasteiger partial charge in [0, 0.05) is 48.6 Å². The number of aromatic hydroxyl groups is 1. The van der Waals surface area contributed by atoms with Gasteiger partial charge in [0.25, 0.3) is 0 Å². The maximum Gasteiger partial charge on any atom is 0.319 e. The molecule has 0 spiro atoms. The first-order valence-electron chi connectivity index (χ1n) is 19.9. The van der Waals surface area contributed by atoms with E-state index >= 15 is 8.78 Å². The van der Waals surface area contributed by atoms with E-state index in [1.165, 1.54) is 37.6 Å². The molecule has 0 radical (unpaired) electrons. The molecular formula is C42H48F2N6O7S. The number of hydrogen-bond acceptors (Lipinski definition) is 12. The summed E-state index contributed by atoms with van der Waals surface area (Å²) in [5.41, 5.74) is -1.95. The quantitative estimate of drug-likeness (QED) is 0.228. The van der Waals surface area contributed by atoms with Crippen LogP contribution in [0.4, 0.5) is 14.6 Å². The normalized spacial score (nSPS) is 28.9. The zero-order valence-corrected chi connectivity index (χ0v) is 33.7. The van der Waals surface area contributed by atoms with Gasteiger partial charge in [-0.05, 0) is 80.5 Å². The first-order chi connectivity index (χ1) is 27.7. The van der Waals surface area contributed by atoms with Crippen LogP contribution in [0.3, 0.4) is 0 Å². The highest BCUT2D eigenvalue weighted by Gasteiger charge is 2.59. The molecule has 58 heavy (non-hydrogen) atoms. The van der Waals surface area contributed by atoms with E-state index in [1.54, 1.807) is 16.1 Å². The molecule has 3 aliphatic heterocycles. The zero-order valence-electron chi connectivity index (χ0n) is 32.9. The van der Waals surface area contributed by atoms with Crippen LogP contribution in [-0.4, -0.2) is 127 Å². The summed E-state index contributed by atoms with van der Waals surface area (Å²) >= 11 is 0. The van der Waals surface area contributed by atoms with E-state index in [1.807, 2.05) is 0 Å². The topological polar surface area (TPSA) is 151 Å². The van der Waals surface area contributed by atoms with Gasteiger partial charge in [0.2, 0.25) is 15.9 Å². The number of methoxy groups -OCH3 is 1. The van der Waals surface area contributed by atoms with Crippen molar-refractivity contribution in [3.05, 3.63) is 41.5 Å². The second-order valence-electron chi connectivity index (χ2n) is 17.2. The van der Waals surface area contributed by atoms with Crippen LogP contribution in [0.25, 0.3) is 32.9 Å². The van der Waals surface area contributed by atoms with E-state index in [4.69, 9.17) is 30.6 Å². The Labute approximate surface area is 336 Å². The lowest BCUT2D eigenvalue weighted by Gasteiger charge is -2.46. The summed E-state index contributed by atoms with van der Waals surface area (Å²) in [6.45, 7) is 5.82. The van der Waals surface area contributed by atoms with E-state index in [-0.39, 0.29) is 87.8 Å². The van der Waals surface area contributed by atoms with Crippen LogP contribution in [0.5, 0.6) is 17.6 Å². The number of anilines is 1. The SMILES string of the molecule is C#Cc1c(F)ccc2cc(O)cc(-c3nc(OC)c4c(N5CCOC[C@@](C)(O)C5)nc(OC[C@]56CCC[C@H]5N(CC5[C@H]7CN(S(C)(=O)=O)C[C@@H]57)CCC6)nc4c3F)c12. The van der Waals surface area contributed by atoms with Crippen LogP contribution < -0.4 is 14.4 Å². The molecule has 308 valence electrons. The number of halogens is 2. The van der Waals surface area contributed by atoms with Gasteiger partial charge in [-0.15, -0.1) is 6.42 Å². The third kappa shape index (κ3) is 6.78. The molecule has 2 N–H and O–H groups in total. The van der Waals surface area contributed by atoms with Gasteiger partial charge in [0.15, 0.2) is 5.82 Å². The van der Waals surface area contributed by atoms with Crippen LogP contribution in [0.1, 0.15) is 44.6 Å². The summed E-state index contributed by atoms with van der Waals surface area (Å²) in [6, 6.07) is 5.56. The number of benzene rings is 2. The number of terminal acetylenes is 1. The Balaban J connectivity index is 1.10. The summed E-state index contributed by atoms with van der Waals surface area (Å²) in [4.78, 5) is 18.5. The van der Waals surface area contributed by atoms with E-state index in [0.717, 1.165) is 45.2 Å². The van der Waals surface area contributed by atoms with Gasteiger partial charge in [0.05, 0.1) is 45.3 Å². The average molecular weight is 819 g/mol. The van der Waals surface area contributed by atoms with Crippen LogP contribution in [0.2, 0.25) is 0 Å². The smallest absolute Gasteiger partial charge is 0.319 e. The lowest BCUT2D eigenvalue weighted by molar-refractivity contribution is -0.0123. The number of aromatic nitrogens is 3. The predicted octanol–water partition coefficient (Wildman–Crippen LogP) is 4.56. The van der Waals surface area contributed by atoms with Crippen molar-refractivity contribution in [3.8, 4) is 41.2 Å². The molecule has 5 heterocycles. The Morgan fingerprint density at radius 1 is 1.09 bits per heavy atom. The van der Waals surface area contributed by atoms with Gasteiger partial charge in [-0.25, -0.2) is 26.5 Å². The Morgan fingerprint density at radius 2 is 1.86 bits per heavy atom. The lowest BCUT2D eigenvalue weighted by Crippen LogP contribution is -2.52. The fourth-order valence-electron chi connectivity index (χ4n) is 10.5. The summed E-state index contributed by atoms with van der Waals surface area (Å²) < 4.78 is 76.5. The highest BCUT2D eigenvalue weighted by atomic mass is 32.2. The number of hydrogen-bond donors (Lipinski definition) is 2. The molecule has 0 amide bonds. The van der Waals surface area contributed by atoms with Gasteiger partial charge in [0.1, 0.15) is 39.6 Å². The van der Waals surface area contributed by atoms with Crippen molar-refractivity contribution in [2.24, 2.45) is 23.2 Å². The first-order valence-corrected chi connectivity index (χ1v) is 21.8. The average Bonchev–Trinajstić information content (AvgIpc) is 3.46. The summed E-state index contributed by atoms with van der Waals surface area (Å²) in [6.07, 6.45) is 12.0. The molecule has 3 saturated heterocycles. The van der Waals surface area contributed by atoms with Gasteiger partial charge in [-0.3, -0.25) is 4.90 Å². The number of β-amino-alcohol motifs (C(OH)–C–C–N with tert-alkyl or cyclic N) is 1. The number of ether oxygens (including phenoxy) is 3. The molecule has 1 unspecified atom stereocenters. The van der Waals surface area contributed by atoms with Crippen molar-refractivity contribution >= 4 is 37.5 Å². The molecule has 16 heteroatoms. The summed E-state index contributed by atoms with van der Waals surface area (Å²) in [5, 5.41) is 22.7. The fourth-order valence-corrected chi connectivity index (χ4v) is 11.4. The molecule has 2 aliphatic carbocycles. The van der Waals surface area contributed by atoms with Crippen LogP contribution >= 0.6 is 0 Å². The molecule has 4 aromatic rings. The third-order valence-electron chi connectivity index (χ3n) is 13.3. The van der Waals surface area contributed by atoms with Crippen LogP contribution in [0, 0.1) is 47.1 Å². The highest BCUT2D eigenvalue weighted by Crippen LogP contribution is 2.55. The monoisotopic (exact) mass is 818 g/mol. The Kier molecular flexibility index (Phi) is 9.71. The molecule has 6 atom stereocenters. The zero-order chi connectivity index (χ0) is 40.7. The van der Waals surface area contributed by atoms with Gasteiger partial charge >= 0.3 is 6.01 Å². The van der Waals surface area contributed by atoms with Crippen LogP contribution in [0.15, 0.2) is 24.3 Å². The van der Waals surface area contributed by atoms with Crippen molar-refractivity contribution < 1.29 is 41.6 Å². The fraction of sp³-hybridized carbons (Fsp3) is 0.548. The summed E-state index contributed by atoms with van der Waals surface area (Å²) in [7, 11) is -1.80. The Morgan fingerprint density at radius 3 is 2.60 bits per heavy atom. The molecule has 5 aliphatic rings. The van der Waals surface area contributed by atoms with Crippen LogP contribution in [-0.2, 0) is 14.8 Å². The van der Waals surface area contributed by atoms with E-state index in [2.05, 4.69) is 15.8 Å². The van der Waals surface area contributed by atoms with Crippen molar-refractivity contribution in [2.75, 3.05) is 77.4 Å². The second-order valence-corrected chi connectivity index (χ2v) is 19.2. The first kappa shape index (κ1) is 39.1. The molecule has 9 rings (SSSR count). The standard InChI is InChI=1S/C42H48F2N6O7S/c1-5-26-31(43)10-9-24-16-25(51)17-27(33(24)26)36-35(44)37-34(39(45-36)55-3)38(49-14-15-56-22-41(2,52)21-49)47-40(46-37)57-23-42-11-6-8-32(42)48(13-7-12-42)18-28-29-19-50(20-30(28)29)58(4,53)54/h1,9-10,16-17,28-30,32,51-52H,6-8,11-15,18-23H2,2-4H3/t28?,29-,30+,32-,41+,42-/m1/s1.